The molecule has 2 saturated carbocycles. The van der Waals surface area contributed by atoms with Gasteiger partial charge in [0.25, 0.3) is 17.7 Å². The van der Waals surface area contributed by atoms with Gasteiger partial charge < -0.3 is 20.6 Å². The first-order valence-corrected chi connectivity index (χ1v) is 22.0. The van der Waals surface area contributed by atoms with Crippen molar-refractivity contribution in [3.05, 3.63) is 75.6 Å². The Hall–Kier alpha value is -5.33. The van der Waals surface area contributed by atoms with Gasteiger partial charge in [-0.2, -0.15) is 13.2 Å². The van der Waals surface area contributed by atoms with Crippen molar-refractivity contribution < 1.29 is 42.3 Å². The second kappa shape index (κ2) is 15.8. The number of nitrogens with one attached hydrogen (secondary N) is 3. The fourth-order valence-corrected chi connectivity index (χ4v) is 11.4. The highest BCUT2D eigenvalue weighted by Gasteiger charge is 2.52. The molecule has 62 heavy (non-hydrogen) atoms. The summed E-state index contributed by atoms with van der Waals surface area (Å²) in [4.78, 5) is 72.3. The number of aromatic nitrogens is 3. The number of carbonyl (C=O) groups excluding carboxylic acids is 5. The van der Waals surface area contributed by atoms with Crippen LogP contribution in [0.4, 0.5) is 24.5 Å². The van der Waals surface area contributed by atoms with Crippen LogP contribution >= 0.6 is 11.3 Å². The molecule has 2 saturated heterocycles. The number of hydrogen-bond acceptors (Lipinski definition) is 12. The van der Waals surface area contributed by atoms with Crippen LogP contribution < -0.4 is 16.0 Å². The minimum absolute atomic E-state index is 0.0760. The maximum absolute atomic E-state index is 13.4. The Bertz CT molecular complexity index is 2460. The van der Waals surface area contributed by atoms with E-state index in [-0.39, 0.29) is 29.7 Å². The topological polar surface area (TPSA) is 187 Å². The van der Waals surface area contributed by atoms with Crippen molar-refractivity contribution in [2.24, 2.45) is 17.3 Å². The minimum Gasteiger partial charge on any atom is -0.386 e. The number of hydrogen-bond donors (Lipinski definition) is 4. The molecule has 0 radical (unpaired) electrons. The molecule has 3 aliphatic heterocycles. The summed E-state index contributed by atoms with van der Waals surface area (Å²) >= 11 is 1.56. The van der Waals surface area contributed by atoms with Crippen LogP contribution in [0.3, 0.4) is 0 Å². The number of fused-ring (bicyclic) bond motifs is 2. The lowest BCUT2D eigenvalue weighted by Gasteiger charge is -2.60. The third kappa shape index (κ3) is 8.07. The molecule has 1 unspecified atom stereocenters. The van der Waals surface area contributed by atoms with Gasteiger partial charge in [0, 0.05) is 55.5 Å². The van der Waals surface area contributed by atoms with E-state index in [1.807, 2.05) is 0 Å². The SMILES string of the molecule is CC(C)(O)c1cc2nc([C@H]3CC[C@H](CN4CC5(CC(CCNc6cccc7c6C(=O)N(C6CCC(=O)NC6=O)C7=O)C5)C4)CC3)sc2cc1NC(=O)c1ccc(C(F)(F)F)nn1. The Morgan fingerprint density at radius 2 is 1.71 bits per heavy atom. The number of nitrogens with zero attached hydrogens (tertiary/aromatic N) is 5. The molecule has 5 heterocycles. The van der Waals surface area contributed by atoms with Crippen molar-refractivity contribution >= 4 is 62.5 Å². The van der Waals surface area contributed by atoms with Crippen LogP contribution in [0.5, 0.6) is 0 Å². The number of alkyl halides is 3. The lowest BCUT2D eigenvalue weighted by atomic mass is 9.57. The number of aliphatic hydroxyl groups is 1. The van der Waals surface area contributed by atoms with Gasteiger partial charge in [-0.25, -0.2) is 4.98 Å². The summed E-state index contributed by atoms with van der Waals surface area (Å²) in [6.07, 6.45) is 3.06. The van der Waals surface area contributed by atoms with Crippen LogP contribution in [0.25, 0.3) is 10.2 Å². The van der Waals surface area contributed by atoms with Gasteiger partial charge in [0.05, 0.1) is 32.0 Å². The number of carbonyl (C=O) groups is 5. The van der Waals surface area contributed by atoms with E-state index in [1.54, 1.807) is 55.5 Å². The van der Waals surface area contributed by atoms with Gasteiger partial charge in [0.2, 0.25) is 11.8 Å². The monoisotopic (exact) mass is 872 g/mol. The average molecular weight is 873 g/mol. The van der Waals surface area contributed by atoms with Gasteiger partial charge in [-0.1, -0.05) is 6.07 Å². The molecule has 5 aliphatic rings. The number of halogens is 3. The van der Waals surface area contributed by atoms with Crippen LogP contribution in [-0.2, 0) is 21.4 Å². The predicted molar refractivity (Wildman–Crippen MR) is 222 cm³/mol. The molecule has 4 N–H and O–H groups in total. The number of benzene rings is 2. The molecule has 18 heteroatoms. The Morgan fingerprint density at radius 1 is 0.952 bits per heavy atom. The van der Waals surface area contributed by atoms with E-state index in [4.69, 9.17) is 4.98 Å². The number of anilines is 2. The maximum Gasteiger partial charge on any atom is 0.435 e. The minimum atomic E-state index is -4.68. The lowest BCUT2D eigenvalue weighted by Crippen LogP contribution is -2.63. The lowest BCUT2D eigenvalue weighted by molar-refractivity contribution is -0.142. The molecule has 5 amide bonds. The van der Waals surface area contributed by atoms with E-state index in [9.17, 15) is 42.3 Å². The quantitative estimate of drug-likeness (QED) is 0.121. The first-order chi connectivity index (χ1) is 29.4. The van der Waals surface area contributed by atoms with E-state index in [0.717, 1.165) is 72.4 Å². The fraction of sp³-hybridized carbons (Fsp3) is 0.500. The summed E-state index contributed by atoms with van der Waals surface area (Å²) < 4.78 is 39.7. The number of rotatable bonds is 11. The van der Waals surface area contributed by atoms with Crippen LogP contribution in [0.1, 0.15) is 125 Å². The molecule has 0 bridgehead atoms. The van der Waals surface area contributed by atoms with Crippen molar-refractivity contribution in [1.29, 1.82) is 0 Å². The molecule has 2 aromatic carbocycles. The van der Waals surface area contributed by atoms with Gasteiger partial charge in [-0.3, -0.25) is 34.2 Å². The second-order valence-corrected chi connectivity index (χ2v) is 19.3. The Kier molecular flexibility index (Phi) is 10.7. The van der Waals surface area contributed by atoms with Gasteiger partial charge in [-0.15, -0.1) is 21.5 Å². The molecule has 9 rings (SSSR count). The van der Waals surface area contributed by atoms with Gasteiger partial charge >= 0.3 is 6.18 Å². The summed E-state index contributed by atoms with van der Waals surface area (Å²) in [5, 5.41) is 26.9. The average Bonchev–Trinajstić information content (AvgIpc) is 3.73. The van der Waals surface area contributed by atoms with E-state index >= 15 is 0 Å². The molecule has 1 atom stereocenters. The zero-order valence-corrected chi connectivity index (χ0v) is 35.1. The van der Waals surface area contributed by atoms with Crippen molar-refractivity contribution in [3.8, 4) is 0 Å². The molecule has 14 nitrogen and oxygen atoms in total. The number of imide groups is 2. The summed E-state index contributed by atoms with van der Waals surface area (Å²) in [5.74, 6) is -1.29. The smallest absolute Gasteiger partial charge is 0.386 e. The number of amides is 5. The van der Waals surface area contributed by atoms with E-state index in [0.29, 0.717) is 58.2 Å². The summed E-state index contributed by atoms with van der Waals surface area (Å²) in [6, 6.07) is 9.33. The van der Waals surface area contributed by atoms with Crippen LogP contribution in [0, 0.1) is 17.3 Å². The molecule has 326 valence electrons. The number of likely N-dealkylation sites (tertiary alicyclic amines) is 1. The molecular formula is C44H47F3N8O6S. The standard InChI is InChI=1S/C44H47F3N8O6S/c1-42(2,61)27-16-31-33(17-30(27)49-37(57)29-10-12-34(53-52-29)44(45,46)47)62-39(50-31)25-8-6-23(7-9-25)20-54-21-43(22-54)18-24(19-43)14-15-48-28-5-3-4-26-36(28)41(60)55(40(26)59)32-11-13-35(56)51-38(32)58/h3-5,10,12,16-17,23-25,32,48,61H,6-9,11,13-15,18-22H2,1-2H3,(H,49,57)(H,51,56,58)/t23-,25-,32?. The first-order valence-electron chi connectivity index (χ1n) is 21.2. The highest BCUT2D eigenvalue weighted by atomic mass is 32.1. The second-order valence-electron chi connectivity index (χ2n) is 18.3. The zero-order valence-electron chi connectivity index (χ0n) is 34.3. The molecule has 2 aromatic heterocycles. The van der Waals surface area contributed by atoms with Crippen molar-refractivity contribution in [2.75, 3.05) is 36.8 Å². The molecule has 1 spiro atoms. The van der Waals surface area contributed by atoms with Crippen LogP contribution in [0.15, 0.2) is 42.5 Å². The number of thiazole rings is 1. The number of piperidine rings is 1. The fourth-order valence-electron chi connectivity index (χ4n) is 10.3. The Labute approximate surface area is 359 Å². The van der Waals surface area contributed by atoms with Crippen molar-refractivity contribution in [3.63, 3.8) is 0 Å². The van der Waals surface area contributed by atoms with Gasteiger partial charge in [0.1, 0.15) is 6.04 Å². The Balaban J connectivity index is 0.731. The molecular weight excluding hydrogens is 826 g/mol. The summed E-state index contributed by atoms with van der Waals surface area (Å²) in [5.41, 5.74) is 0.162. The third-order valence-electron chi connectivity index (χ3n) is 13.2. The summed E-state index contributed by atoms with van der Waals surface area (Å²) in [7, 11) is 0. The highest BCUT2D eigenvalue weighted by molar-refractivity contribution is 7.18. The Morgan fingerprint density at radius 3 is 2.39 bits per heavy atom. The van der Waals surface area contributed by atoms with E-state index < -0.39 is 53.0 Å². The first kappa shape index (κ1) is 42.0. The van der Waals surface area contributed by atoms with E-state index in [2.05, 4.69) is 31.0 Å². The van der Waals surface area contributed by atoms with Crippen LogP contribution in [0.2, 0.25) is 0 Å². The predicted octanol–water partition coefficient (Wildman–Crippen LogP) is 6.47. The molecule has 2 aliphatic carbocycles. The zero-order chi connectivity index (χ0) is 43.7. The van der Waals surface area contributed by atoms with Crippen molar-refractivity contribution in [1.82, 2.24) is 30.3 Å². The normalized spacial score (nSPS) is 23.0. The molecule has 4 aromatic rings. The van der Waals surface area contributed by atoms with Crippen molar-refractivity contribution in [2.45, 2.75) is 95.4 Å². The van der Waals surface area contributed by atoms with E-state index in [1.165, 1.54) is 12.8 Å². The van der Waals surface area contributed by atoms with Gasteiger partial charge in [0.15, 0.2) is 11.4 Å². The largest absolute Gasteiger partial charge is 0.435 e. The molecule has 4 fully saturated rings. The summed E-state index contributed by atoms with van der Waals surface area (Å²) in [6.45, 7) is 7.16. The van der Waals surface area contributed by atoms with Crippen LogP contribution in [-0.4, -0.2) is 91.8 Å². The highest BCUT2D eigenvalue weighted by Crippen LogP contribution is 2.53. The maximum atomic E-state index is 13.4. The van der Waals surface area contributed by atoms with Gasteiger partial charge in [-0.05, 0) is 119 Å². The third-order valence-corrected chi connectivity index (χ3v) is 14.4.